The second-order valence-corrected chi connectivity index (χ2v) is 6.71. The van der Waals surface area contributed by atoms with Crippen molar-refractivity contribution in [1.82, 2.24) is 0 Å². The van der Waals surface area contributed by atoms with Gasteiger partial charge in [-0.1, -0.05) is 6.07 Å². The van der Waals surface area contributed by atoms with Crippen molar-refractivity contribution >= 4 is 33.0 Å². The fourth-order valence-electron chi connectivity index (χ4n) is 1.80. The SMILES string of the molecule is CS(=O)(=O)c1cccc(N2CC(Cl)CC2=O)c1. The number of nitrogens with zero attached hydrogens (tertiary/aromatic N) is 1. The number of anilines is 1. The first-order valence-electron chi connectivity index (χ1n) is 5.12. The molecule has 92 valence electrons. The van der Waals surface area contributed by atoms with Crippen LogP contribution in [0.25, 0.3) is 0 Å². The van der Waals surface area contributed by atoms with E-state index < -0.39 is 9.84 Å². The monoisotopic (exact) mass is 273 g/mol. The van der Waals surface area contributed by atoms with Crippen molar-refractivity contribution < 1.29 is 13.2 Å². The zero-order valence-corrected chi connectivity index (χ0v) is 10.8. The van der Waals surface area contributed by atoms with Gasteiger partial charge in [-0.15, -0.1) is 11.6 Å². The van der Waals surface area contributed by atoms with E-state index in [0.717, 1.165) is 6.26 Å². The van der Waals surface area contributed by atoms with Crippen molar-refractivity contribution in [3.8, 4) is 0 Å². The molecule has 6 heteroatoms. The van der Waals surface area contributed by atoms with Gasteiger partial charge in [0, 0.05) is 24.9 Å². The van der Waals surface area contributed by atoms with Crippen molar-refractivity contribution in [2.75, 3.05) is 17.7 Å². The smallest absolute Gasteiger partial charge is 0.228 e. The third-order valence-corrected chi connectivity index (χ3v) is 4.04. The molecule has 0 spiro atoms. The molecule has 1 aromatic carbocycles. The molecule has 0 bridgehead atoms. The highest BCUT2D eigenvalue weighted by Crippen LogP contribution is 2.26. The summed E-state index contributed by atoms with van der Waals surface area (Å²) in [4.78, 5) is 13.4. The molecule has 1 heterocycles. The molecular formula is C11H12ClNO3S. The van der Waals surface area contributed by atoms with Crippen molar-refractivity contribution in [2.24, 2.45) is 0 Å². The number of benzene rings is 1. The van der Waals surface area contributed by atoms with E-state index in [0.29, 0.717) is 18.7 Å². The minimum absolute atomic E-state index is 0.0735. The Hall–Kier alpha value is -1.07. The first-order valence-corrected chi connectivity index (χ1v) is 7.45. The van der Waals surface area contributed by atoms with Crippen LogP contribution in [0.3, 0.4) is 0 Å². The van der Waals surface area contributed by atoms with E-state index in [1.807, 2.05) is 0 Å². The van der Waals surface area contributed by atoms with Crippen LogP contribution in [0.5, 0.6) is 0 Å². The first kappa shape index (κ1) is 12.4. The molecule has 2 rings (SSSR count). The van der Waals surface area contributed by atoms with E-state index in [9.17, 15) is 13.2 Å². The van der Waals surface area contributed by atoms with Crippen LogP contribution in [0, 0.1) is 0 Å². The van der Waals surface area contributed by atoms with Gasteiger partial charge in [-0.2, -0.15) is 0 Å². The molecular weight excluding hydrogens is 262 g/mol. The van der Waals surface area contributed by atoms with E-state index >= 15 is 0 Å². The van der Waals surface area contributed by atoms with Crippen LogP contribution >= 0.6 is 11.6 Å². The molecule has 1 saturated heterocycles. The fraction of sp³-hybridized carbons (Fsp3) is 0.364. The van der Waals surface area contributed by atoms with Gasteiger partial charge in [0.2, 0.25) is 5.91 Å². The van der Waals surface area contributed by atoms with E-state index in [1.54, 1.807) is 12.1 Å². The number of alkyl halides is 1. The molecule has 1 aliphatic heterocycles. The lowest BCUT2D eigenvalue weighted by molar-refractivity contribution is -0.117. The van der Waals surface area contributed by atoms with Crippen LogP contribution in [-0.4, -0.2) is 32.5 Å². The Labute approximate surface area is 105 Å². The number of sulfone groups is 1. The molecule has 1 aromatic rings. The minimum Gasteiger partial charge on any atom is -0.311 e. The van der Waals surface area contributed by atoms with Gasteiger partial charge >= 0.3 is 0 Å². The molecule has 1 unspecified atom stereocenters. The van der Waals surface area contributed by atoms with Gasteiger partial charge in [-0.05, 0) is 18.2 Å². The summed E-state index contributed by atoms with van der Waals surface area (Å²) >= 11 is 5.90. The molecule has 0 aliphatic carbocycles. The Balaban J connectivity index is 2.38. The topological polar surface area (TPSA) is 54.5 Å². The molecule has 0 saturated carbocycles. The number of carbonyl (C=O) groups excluding carboxylic acids is 1. The van der Waals surface area contributed by atoms with Crippen molar-refractivity contribution in [1.29, 1.82) is 0 Å². The standard InChI is InChI=1S/C11H12ClNO3S/c1-17(15,16)10-4-2-3-9(6-10)13-7-8(12)5-11(13)14/h2-4,6,8H,5,7H2,1H3. The zero-order chi connectivity index (χ0) is 12.6. The quantitative estimate of drug-likeness (QED) is 0.766. The Morgan fingerprint density at radius 1 is 1.41 bits per heavy atom. The van der Waals surface area contributed by atoms with E-state index in [4.69, 9.17) is 11.6 Å². The number of rotatable bonds is 2. The van der Waals surface area contributed by atoms with Gasteiger partial charge in [0.15, 0.2) is 9.84 Å². The summed E-state index contributed by atoms with van der Waals surface area (Å²) < 4.78 is 22.8. The molecule has 1 atom stereocenters. The predicted octanol–water partition coefficient (Wildman–Crippen LogP) is 1.43. The van der Waals surface area contributed by atoms with Gasteiger partial charge in [-0.3, -0.25) is 4.79 Å². The predicted molar refractivity (Wildman–Crippen MR) is 66.2 cm³/mol. The lowest BCUT2D eigenvalue weighted by Gasteiger charge is -2.16. The van der Waals surface area contributed by atoms with Crippen molar-refractivity contribution in [3.05, 3.63) is 24.3 Å². The van der Waals surface area contributed by atoms with Gasteiger partial charge in [0.1, 0.15) is 0 Å². The summed E-state index contributed by atoms with van der Waals surface area (Å²) in [6, 6.07) is 6.35. The molecule has 0 radical (unpaired) electrons. The molecule has 1 fully saturated rings. The van der Waals surface area contributed by atoms with Crippen LogP contribution < -0.4 is 4.90 Å². The maximum Gasteiger partial charge on any atom is 0.228 e. The van der Waals surface area contributed by atoms with Crippen LogP contribution in [-0.2, 0) is 14.6 Å². The number of hydrogen-bond acceptors (Lipinski definition) is 3. The second-order valence-electron chi connectivity index (χ2n) is 4.08. The third kappa shape index (κ3) is 2.61. The van der Waals surface area contributed by atoms with Gasteiger partial charge in [0.05, 0.1) is 10.3 Å². The van der Waals surface area contributed by atoms with E-state index in [2.05, 4.69) is 0 Å². The normalized spacial score (nSPS) is 20.9. The van der Waals surface area contributed by atoms with Gasteiger partial charge < -0.3 is 4.90 Å². The largest absolute Gasteiger partial charge is 0.311 e. The molecule has 4 nitrogen and oxygen atoms in total. The molecule has 0 N–H and O–H groups in total. The summed E-state index contributed by atoms with van der Waals surface area (Å²) in [5.74, 6) is -0.0735. The maximum absolute atomic E-state index is 11.6. The lowest BCUT2D eigenvalue weighted by Crippen LogP contribution is -2.24. The van der Waals surface area contributed by atoms with E-state index in [1.165, 1.54) is 17.0 Å². The molecule has 17 heavy (non-hydrogen) atoms. The Kier molecular flexibility index (Phi) is 3.14. The Morgan fingerprint density at radius 2 is 2.12 bits per heavy atom. The molecule has 0 aromatic heterocycles. The maximum atomic E-state index is 11.6. The summed E-state index contributed by atoms with van der Waals surface area (Å²) in [6.45, 7) is 0.424. The summed E-state index contributed by atoms with van der Waals surface area (Å²) in [5.41, 5.74) is 0.584. The molecule has 1 amide bonds. The fourth-order valence-corrected chi connectivity index (χ4v) is 2.73. The average Bonchev–Trinajstić information content (AvgIpc) is 2.57. The van der Waals surface area contributed by atoms with Crippen LogP contribution in [0.2, 0.25) is 0 Å². The number of hydrogen-bond donors (Lipinski definition) is 0. The summed E-state index contributed by atoms with van der Waals surface area (Å²) in [7, 11) is -3.26. The highest BCUT2D eigenvalue weighted by molar-refractivity contribution is 7.90. The zero-order valence-electron chi connectivity index (χ0n) is 9.26. The van der Waals surface area contributed by atoms with Gasteiger partial charge in [-0.25, -0.2) is 8.42 Å². The summed E-state index contributed by atoms with van der Waals surface area (Å²) in [5, 5.41) is -0.204. The van der Waals surface area contributed by atoms with Crippen LogP contribution in [0.4, 0.5) is 5.69 Å². The highest BCUT2D eigenvalue weighted by Gasteiger charge is 2.29. The Bertz CT molecular complexity index is 556. The number of amides is 1. The lowest BCUT2D eigenvalue weighted by atomic mass is 10.3. The third-order valence-electron chi connectivity index (χ3n) is 2.64. The average molecular weight is 274 g/mol. The number of halogens is 1. The highest BCUT2D eigenvalue weighted by atomic mass is 35.5. The van der Waals surface area contributed by atoms with Crippen LogP contribution in [0.1, 0.15) is 6.42 Å². The van der Waals surface area contributed by atoms with Crippen molar-refractivity contribution in [3.63, 3.8) is 0 Å². The number of carbonyl (C=O) groups is 1. The van der Waals surface area contributed by atoms with Crippen molar-refractivity contribution in [2.45, 2.75) is 16.7 Å². The Morgan fingerprint density at radius 3 is 2.65 bits per heavy atom. The minimum atomic E-state index is -3.26. The molecule has 1 aliphatic rings. The van der Waals surface area contributed by atoms with Gasteiger partial charge in [0.25, 0.3) is 0 Å². The summed E-state index contributed by atoms with van der Waals surface area (Å²) in [6.07, 6.45) is 1.44. The van der Waals surface area contributed by atoms with E-state index in [-0.39, 0.29) is 16.2 Å². The second kappa shape index (κ2) is 4.31. The first-order chi connectivity index (χ1) is 7.88. The van der Waals surface area contributed by atoms with Crippen LogP contribution in [0.15, 0.2) is 29.2 Å².